The zero-order chi connectivity index (χ0) is 26.9. The molecular weight excluding hydrogens is 515 g/mol. The predicted octanol–water partition coefficient (Wildman–Crippen LogP) is 3.35. The highest BCUT2D eigenvalue weighted by atomic mass is 35.5. The Kier molecular flexibility index (Phi) is 6.29. The number of carbonyl (C=O) groups excluding carboxylic acids is 1. The van der Waals surface area contributed by atoms with Gasteiger partial charge in [-0.25, -0.2) is 19.3 Å². The lowest BCUT2D eigenvalue weighted by Crippen LogP contribution is -2.48. The number of benzene rings is 1. The van der Waals surface area contributed by atoms with Crippen molar-refractivity contribution in [2.24, 2.45) is 5.92 Å². The molecule has 0 radical (unpaired) electrons. The van der Waals surface area contributed by atoms with Crippen molar-refractivity contribution in [3.05, 3.63) is 35.0 Å². The Morgan fingerprint density at radius 3 is 2.82 bits per heavy atom. The van der Waals surface area contributed by atoms with Crippen LogP contribution < -0.4 is 5.32 Å². The van der Waals surface area contributed by atoms with Crippen LogP contribution in [0.5, 0.6) is 0 Å². The summed E-state index contributed by atoms with van der Waals surface area (Å²) in [6, 6.07) is 2.83. The first-order valence-electron chi connectivity index (χ1n) is 12.8. The van der Waals surface area contributed by atoms with Crippen molar-refractivity contribution in [2.45, 2.75) is 63.2 Å². The van der Waals surface area contributed by atoms with Crippen molar-refractivity contribution in [3.8, 4) is 11.3 Å². The SMILES string of the molecule is CC(C)n1c([C@@H]2C[C@@H]2C(=O)N(C)C)nc2c(F)cc(-c3nc(N[C@@H]4C[C@H]5CO[C@H](O5)[C@H]4O)ncc3Cl)cc21. The van der Waals surface area contributed by atoms with Gasteiger partial charge in [0.15, 0.2) is 12.1 Å². The maximum atomic E-state index is 15.5. The van der Waals surface area contributed by atoms with Crippen LogP contribution in [0.15, 0.2) is 18.3 Å². The minimum Gasteiger partial charge on any atom is -0.386 e. The lowest BCUT2D eigenvalue weighted by molar-refractivity contribution is -0.156. The number of ether oxygens (including phenoxy) is 2. The third kappa shape index (κ3) is 4.31. The fourth-order valence-electron chi connectivity index (χ4n) is 5.53. The minimum absolute atomic E-state index is 0.00828. The van der Waals surface area contributed by atoms with Crippen LogP contribution in [0.3, 0.4) is 0 Å². The summed E-state index contributed by atoms with van der Waals surface area (Å²) in [4.78, 5) is 27.6. The van der Waals surface area contributed by atoms with Crippen LogP contribution in [-0.2, 0) is 14.3 Å². The molecule has 1 amide bonds. The van der Waals surface area contributed by atoms with Crippen molar-refractivity contribution < 1.29 is 23.8 Å². The number of aliphatic hydroxyl groups excluding tert-OH is 1. The highest BCUT2D eigenvalue weighted by Gasteiger charge is 2.48. The molecular formula is C26H30ClFN6O4. The van der Waals surface area contributed by atoms with Gasteiger partial charge in [-0.3, -0.25) is 4.79 Å². The van der Waals surface area contributed by atoms with E-state index in [1.807, 2.05) is 24.5 Å². The second-order valence-electron chi connectivity index (χ2n) is 10.8. The van der Waals surface area contributed by atoms with Crippen LogP contribution in [0.25, 0.3) is 22.3 Å². The number of aromatic nitrogens is 4. The average Bonchev–Trinajstić information content (AvgIpc) is 3.40. The fourth-order valence-corrected chi connectivity index (χ4v) is 5.73. The summed E-state index contributed by atoms with van der Waals surface area (Å²) < 4.78 is 28.5. The standard InChI is InChI=1S/C26H30ClFN6O4/c1-11(2)34-19-6-12(5-17(28)21(19)31-23(34)14-8-15(14)24(36)33(3)4)20-16(27)9-29-26(32-20)30-18-7-13-10-37-25(38-13)22(18)35/h5-6,9,11,13-15,18,22,25,35H,7-8,10H2,1-4H3,(H,29,30,32)/t13-,14+,15-,18+,22-,25+/m0/s1. The molecule has 6 rings (SSSR count). The molecule has 6 atom stereocenters. The van der Waals surface area contributed by atoms with Gasteiger partial charge in [-0.1, -0.05) is 11.6 Å². The van der Waals surface area contributed by atoms with Crippen molar-refractivity contribution >= 4 is 34.5 Å². The maximum Gasteiger partial charge on any atom is 0.225 e. The summed E-state index contributed by atoms with van der Waals surface area (Å²) >= 11 is 6.48. The van der Waals surface area contributed by atoms with Gasteiger partial charge in [-0.05, 0) is 38.8 Å². The van der Waals surface area contributed by atoms with E-state index in [1.54, 1.807) is 19.0 Å². The molecule has 1 saturated carbocycles. The van der Waals surface area contributed by atoms with Crippen LogP contribution in [0.1, 0.15) is 44.5 Å². The number of amides is 1. The third-order valence-electron chi connectivity index (χ3n) is 7.49. The highest BCUT2D eigenvalue weighted by Crippen LogP contribution is 2.49. The van der Waals surface area contributed by atoms with Crippen molar-refractivity contribution in [3.63, 3.8) is 0 Å². The number of carbonyl (C=O) groups is 1. The van der Waals surface area contributed by atoms with Crippen LogP contribution in [-0.4, -0.2) is 80.7 Å². The monoisotopic (exact) mass is 544 g/mol. The summed E-state index contributed by atoms with van der Waals surface area (Å²) in [7, 11) is 3.48. The van der Waals surface area contributed by atoms with Gasteiger partial charge in [0.2, 0.25) is 11.9 Å². The molecule has 3 fully saturated rings. The number of imidazole rings is 1. The number of halogens is 2. The van der Waals surface area contributed by atoms with Gasteiger partial charge in [0.1, 0.15) is 17.4 Å². The van der Waals surface area contributed by atoms with Gasteiger partial charge in [0, 0.05) is 37.5 Å². The Morgan fingerprint density at radius 1 is 1.29 bits per heavy atom. The Balaban J connectivity index is 1.35. The number of nitrogens with one attached hydrogen (secondary N) is 1. The van der Waals surface area contributed by atoms with Gasteiger partial charge in [0.25, 0.3) is 0 Å². The smallest absolute Gasteiger partial charge is 0.225 e. The van der Waals surface area contributed by atoms with E-state index in [-0.39, 0.29) is 52.4 Å². The second-order valence-corrected chi connectivity index (χ2v) is 11.2. The van der Waals surface area contributed by atoms with E-state index in [9.17, 15) is 9.90 Å². The molecule has 3 aliphatic rings. The van der Waals surface area contributed by atoms with E-state index in [4.69, 9.17) is 21.1 Å². The summed E-state index contributed by atoms with van der Waals surface area (Å²) in [5.41, 5.74) is 1.71. The molecule has 4 heterocycles. The van der Waals surface area contributed by atoms with Gasteiger partial charge in [0.05, 0.1) is 41.2 Å². The predicted molar refractivity (Wildman–Crippen MR) is 138 cm³/mol. The number of anilines is 1. The fraction of sp³-hybridized carbons (Fsp3) is 0.538. The number of nitrogens with zero attached hydrogens (tertiary/aromatic N) is 5. The first kappa shape index (κ1) is 25.4. The van der Waals surface area contributed by atoms with Gasteiger partial charge in [-0.15, -0.1) is 0 Å². The molecule has 1 aromatic carbocycles. The largest absolute Gasteiger partial charge is 0.386 e. The third-order valence-corrected chi connectivity index (χ3v) is 7.76. The molecule has 10 nitrogen and oxygen atoms in total. The molecule has 202 valence electrons. The second kappa shape index (κ2) is 9.41. The first-order chi connectivity index (χ1) is 18.1. The number of rotatable bonds is 6. The van der Waals surface area contributed by atoms with Crippen LogP contribution in [0, 0.1) is 11.7 Å². The molecule has 2 aromatic heterocycles. The minimum atomic E-state index is -0.880. The summed E-state index contributed by atoms with van der Waals surface area (Å²) in [5.74, 6) is 0.343. The number of hydrogen-bond acceptors (Lipinski definition) is 8. The van der Waals surface area contributed by atoms with Gasteiger partial charge < -0.3 is 29.4 Å². The first-order valence-corrected chi connectivity index (χ1v) is 13.2. The normalized spacial score (nSPS) is 28.2. The van der Waals surface area contributed by atoms with Crippen LogP contribution in [0.2, 0.25) is 5.02 Å². The average molecular weight is 545 g/mol. The van der Waals surface area contributed by atoms with E-state index in [2.05, 4.69) is 20.3 Å². The lowest BCUT2D eigenvalue weighted by Gasteiger charge is -2.32. The Morgan fingerprint density at radius 2 is 2.08 bits per heavy atom. The van der Waals surface area contributed by atoms with Crippen LogP contribution >= 0.6 is 11.6 Å². The van der Waals surface area contributed by atoms with E-state index in [0.717, 1.165) is 0 Å². The zero-order valence-electron chi connectivity index (χ0n) is 21.6. The summed E-state index contributed by atoms with van der Waals surface area (Å²) in [6.07, 6.45) is 1.02. The molecule has 2 N–H and O–H groups in total. The molecule has 1 aliphatic carbocycles. The molecule has 2 bridgehead atoms. The maximum absolute atomic E-state index is 15.5. The molecule has 0 unspecified atom stereocenters. The van der Waals surface area contributed by atoms with Gasteiger partial charge >= 0.3 is 0 Å². The summed E-state index contributed by atoms with van der Waals surface area (Å²) in [6.45, 7) is 4.45. The Bertz CT molecular complexity index is 1410. The lowest BCUT2D eigenvalue weighted by atomic mass is 10.0. The molecule has 0 spiro atoms. The highest BCUT2D eigenvalue weighted by molar-refractivity contribution is 6.33. The van der Waals surface area contributed by atoms with Gasteiger partial charge in [-0.2, -0.15) is 0 Å². The van der Waals surface area contributed by atoms with Crippen molar-refractivity contribution in [1.29, 1.82) is 0 Å². The topological polar surface area (TPSA) is 115 Å². The molecule has 2 aliphatic heterocycles. The molecule has 3 aromatic rings. The van der Waals surface area contributed by atoms with Crippen LogP contribution in [0.4, 0.5) is 10.3 Å². The Hall–Kier alpha value is -2.86. The Labute approximate surface area is 224 Å². The van der Waals surface area contributed by atoms with E-state index in [1.165, 1.54) is 12.3 Å². The van der Waals surface area contributed by atoms with Crippen molar-refractivity contribution in [2.75, 3.05) is 26.0 Å². The molecule has 2 saturated heterocycles. The van der Waals surface area contributed by atoms with E-state index < -0.39 is 18.2 Å². The van der Waals surface area contributed by atoms with E-state index in [0.29, 0.717) is 42.0 Å². The number of hydrogen-bond donors (Lipinski definition) is 2. The number of aliphatic hydroxyl groups is 1. The zero-order valence-corrected chi connectivity index (χ0v) is 22.3. The number of fused-ring (bicyclic) bond motifs is 3. The summed E-state index contributed by atoms with van der Waals surface area (Å²) in [5, 5.41) is 14.0. The molecule has 12 heteroatoms. The van der Waals surface area contributed by atoms with Crippen molar-refractivity contribution in [1.82, 2.24) is 24.4 Å². The van der Waals surface area contributed by atoms with E-state index >= 15 is 4.39 Å². The quantitative estimate of drug-likeness (QED) is 0.485. The molecule has 38 heavy (non-hydrogen) atoms.